The average Bonchev–Trinajstić information content (AvgIpc) is 2.55. The van der Waals surface area contributed by atoms with Crippen LogP contribution in [0.4, 0.5) is 5.69 Å². The predicted octanol–water partition coefficient (Wildman–Crippen LogP) is 1.99. The van der Waals surface area contributed by atoms with Crippen molar-refractivity contribution in [1.82, 2.24) is 10.3 Å². The average molecular weight is 283 g/mol. The largest absolute Gasteiger partial charge is 0.494 e. The van der Waals surface area contributed by atoms with Crippen molar-refractivity contribution in [1.29, 1.82) is 0 Å². The highest BCUT2D eigenvalue weighted by atomic mass is 16.5. The molecule has 108 valence electrons. The van der Waals surface area contributed by atoms with Crippen LogP contribution in [0.25, 0.3) is 0 Å². The second-order valence-electron chi connectivity index (χ2n) is 4.90. The molecule has 1 aromatic carbocycles. The number of pyridine rings is 1. The van der Waals surface area contributed by atoms with Crippen molar-refractivity contribution in [3.63, 3.8) is 0 Å². The Morgan fingerprint density at radius 2 is 2.29 bits per heavy atom. The molecule has 0 bridgehead atoms. The second kappa shape index (κ2) is 5.93. The summed E-state index contributed by atoms with van der Waals surface area (Å²) in [6, 6.07) is 7.65. The van der Waals surface area contributed by atoms with Crippen molar-refractivity contribution in [2.75, 3.05) is 19.0 Å². The van der Waals surface area contributed by atoms with Crippen molar-refractivity contribution in [2.24, 2.45) is 0 Å². The summed E-state index contributed by atoms with van der Waals surface area (Å²) >= 11 is 0. The lowest BCUT2D eigenvalue weighted by atomic mass is 9.99. The van der Waals surface area contributed by atoms with Gasteiger partial charge in [-0.1, -0.05) is 12.1 Å². The molecule has 3 rings (SSSR count). The van der Waals surface area contributed by atoms with E-state index in [1.54, 1.807) is 18.5 Å². The Labute approximate surface area is 123 Å². The molecule has 0 atom stereocenters. The SMILES string of the molecule is COc1cnccc1C(=O)Nc1cccc2c1CCNC2. The summed E-state index contributed by atoms with van der Waals surface area (Å²) < 4.78 is 5.18. The van der Waals surface area contributed by atoms with Gasteiger partial charge in [-0.05, 0) is 36.2 Å². The Balaban J connectivity index is 1.88. The fraction of sp³-hybridized carbons (Fsp3) is 0.250. The Hall–Kier alpha value is -2.40. The van der Waals surface area contributed by atoms with Crippen LogP contribution in [0.15, 0.2) is 36.7 Å². The van der Waals surface area contributed by atoms with Crippen LogP contribution in [-0.4, -0.2) is 24.5 Å². The summed E-state index contributed by atoms with van der Waals surface area (Å²) in [5.74, 6) is 0.294. The van der Waals surface area contributed by atoms with E-state index in [1.165, 1.54) is 18.2 Å². The Morgan fingerprint density at radius 3 is 3.14 bits per heavy atom. The first kappa shape index (κ1) is 13.6. The number of amides is 1. The molecule has 0 fully saturated rings. The zero-order valence-electron chi connectivity index (χ0n) is 11.8. The molecule has 1 aliphatic heterocycles. The number of carbonyl (C=O) groups excluding carboxylic acids is 1. The molecule has 0 saturated carbocycles. The summed E-state index contributed by atoms with van der Waals surface area (Å²) in [5.41, 5.74) is 3.80. The monoisotopic (exact) mass is 283 g/mol. The number of fused-ring (bicyclic) bond motifs is 1. The quantitative estimate of drug-likeness (QED) is 0.904. The number of aromatic nitrogens is 1. The van der Waals surface area contributed by atoms with E-state index in [9.17, 15) is 4.79 Å². The summed E-state index contributed by atoms with van der Waals surface area (Å²) in [5, 5.41) is 6.32. The fourth-order valence-corrected chi connectivity index (χ4v) is 2.57. The number of nitrogens with zero attached hydrogens (tertiary/aromatic N) is 1. The first-order valence-electron chi connectivity index (χ1n) is 6.90. The number of hydrogen-bond donors (Lipinski definition) is 2. The van der Waals surface area contributed by atoms with Crippen LogP contribution < -0.4 is 15.4 Å². The van der Waals surface area contributed by atoms with Crippen molar-refractivity contribution in [3.05, 3.63) is 53.3 Å². The third kappa shape index (κ3) is 2.73. The fourth-order valence-electron chi connectivity index (χ4n) is 2.57. The van der Waals surface area contributed by atoms with Gasteiger partial charge in [-0.2, -0.15) is 0 Å². The minimum atomic E-state index is -0.179. The van der Waals surface area contributed by atoms with E-state index >= 15 is 0 Å². The van der Waals surface area contributed by atoms with Gasteiger partial charge in [-0.25, -0.2) is 0 Å². The molecule has 1 amide bonds. The van der Waals surface area contributed by atoms with E-state index in [1.807, 2.05) is 12.1 Å². The lowest BCUT2D eigenvalue weighted by Gasteiger charge is -2.20. The van der Waals surface area contributed by atoms with Crippen LogP contribution in [0.2, 0.25) is 0 Å². The highest BCUT2D eigenvalue weighted by Crippen LogP contribution is 2.25. The van der Waals surface area contributed by atoms with Gasteiger partial charge >= 0.3 is 0 Å². The molecule has 1 aromatic heterocycles. The van der Waals surface area contributed by atoms with Crippen molar-refractivity contribution in [3.8, 4) is 5.75 Å². The highest BCUT2D eigenvalue weighted by molar-refractivity contribution is 6.06. The zero-order chi connectivity index (χ0) is 14.7. The van der Waals surface area contributed by atoms with Gasteiger partial charge in [0.2, 0.25) is 0 Å². The minimum absolute atomic E-state index is 0.179. The topological polar surface area (TPSA) is 63.2 Å². The first-order chi connectivity index (χ1) is 10.3. The van der Waals surface area contributed by atoms with Gasteiger partial charge in [-0.15, -0.1) is 0 Å². The van der Waals surface area contributed by atoms with Crippen LogP contribution in [-0.2, 0) is 13.0 Å². The van der Waals surface area contributed by atoms with Crippen LogP contribution in [0.5, 0.6) is 5.75 Å². The maximum absolute atomic E-state index is 12.4. The molecule has 5 nitrogen and oxygen atoms in total. The van der Waals surface area contributed by atoms with Gasteiger partial charge in [0.25, 0.3) is 5.91 Å². The third-order valence-electron chi connectivity index (χ3n) is 3.64. The summed E-state index contributed by atoms with van der Waals surface area (Å²) in [7, 11) is 1.53. The summed E-state index contributed by atoms with van der Waals surface area (Å²) in [6.45, 7) is 1.77. The number of methoxy groups -OCH3 is 1. The Kier molecular flexibility index (Phi) is 3.83. The molecule has 2 aromatic rings. The van der Waals surface area contributed by atoms with E-state index in [-0.39, 0.29) is 5.91 Å². The molecule has 1 aliphatic rings. The van der Waals surface area contributed by atoms with Gasteiger partial charge in [0.15, 0.2) is 0 Å². The molecular weight excluding hydrogens is 266 g/mol. The maximum atomic E-state index is 12.4. The van der Waals surface area contributed by atoms with Gasteiger partial charge in [0.05, 0.1) is 18.9 Å². The molecular formula is C16H17N3O2. The number of hydrogen-bond acceptors (Lipinski definition) is 4. The normalized spacial score (nSPS) is 13.4. The molecule has 21 heavy (non-hydrogen) atoms. The first-order valence-corrected chi connectivity index (χ1v) is 6.90. The van der Waals surface area contributed by atoms with Gasteiger partial charge < -0.3 is 15.4 Å². The second-order valence-corrected chi connectivity index (χ2v) is 4.90. The smallest absolute Gasteiger partial charge is 0.259 e. The number of rotatable bonds is 3. The molecule has 0 unspecified atom stereocenters. The summed E-state index contributed by atoms with van der Waals surface area (Å²) in [4.78, 5) is 16.4. The molecule has 0 saturated heterocycles. The third-order valence-corrected chi connectivity index (χ3v) is 3.64. The molecule has 0 aliphatic carbocycles. The molecule has 0 radical (unpaired) electrons. The van der Waals surface area contributed by atoms with E-state index in [0.29, 0.717) is 11.3 Å². The van der Waals surface area contributed by atoms with Crippen LogP contribution >= 0.6 is 0 Å². The number of ether oxygens (including phenoxy) is 1. The highest BCUT2D eigenvalue weighted by Gasteiger charge is 2.16. The molecule has 5 heteroatoms. The lowest BCUT2D eigenvalue weighted by molar-refractivity contribution is 0.102. The maximum Gasteiger partial charge on any atom is 0.259 e. The predicted molar refractivity (Wildman–Crippen MR) is 80.6 cm³/mol. The Morgan fingerprint density at radius 1 is 1.38 bits per heavy atom. The van der Waals surface area contributed by atoms with E-state index in [4.69, 9.17) is 4.74 Å². The van der Waals surface area contributed by atoms with Crippen molar-refractivity contribution in [2.45, 2.75) is 13.0 Å². The van der Waals surface area contributed by atoms with Gasteiger partial charge in [0.1, 0.15) is 5.75 Å². The molecule has 0 spiro atoms. The van der Waals surface area contributed by atoms with Gasteiger partial charge in [-0.3, -0.25) is 9.78 Å². The van der Waals surface area contributed by atoms with E-state index in [0.717, 1.165) is 25.2 Å². The van der Waals surface area contributed by atoms with Crippen molar-refractivity contribution >= 4 is 11.6 Å². The zero-order valence-corrected chi connectivity index (χ0v) is 11.8. The van der Waals surface area contributed by atoms with E-state index < -0.39 is 0 Å². The Bertz CT molecular complexity index is 670. The number of carbonyl (C=O) groups is 1. The van der Waals surface area contributed by atoms with E-state index in [2.05, 4.69) is 21.7 Å². The molecule has 2 heterocycles. The van der Waals surface area contributed by atoms with Crippen LogP contribution in [0.1, 0.15) is 21.5 Å². The standard InChI is InChI=1S/C16H17N3O2/c1-21-15-10-18-8-6-13(15)16(20)19-14-4-2-3-11-9-17-7-5-12(11)14/h2-4,6,8,10,17H,5,7,9H2,1H3,(H,19,20). The van der Waals surface area contributed by atoms with Crippen molar-refractivity contribution < 1.29 is 9.53 Å². The van der Waals surface area contributed by atoms with Gasteiger partial charge in [0, 0.05) is 18.4 Å². The summed E-state index contributed by atoms with van der Waals surface area (Å²) in [6.07, 6.45) is 4.04. The number of nitrogens with one attached hydrogen (secondary N) is 2. The van der Waals surface area contributed by atoms with Crippen LogP contribution in [0, 0.1) is 0 Å². The minimum Gasteiger partial charge on any atom is -0.494 e. The lowest BCUT2D eigenvalue weighted by Crippen LogP contribution is -2.25. The number of benzene rings is 1. The molecule has 2 N–H and O–H groups in total. The van der Waals surface area contributed by atoms with Crippen LogP contribution in [0.3, 0.4) is 0 Å². The number of anilines is 1.